The Labute approximate surface area is 136 Å². The Bertz CT molecular complexity index is 657. The molecule has 4 nitrogen and oxygen atoms in total. The quantitative estimate of drug-likeness (QED) is 0.921. The third-order valence-electron chi connectivity index (χ3n) is 4.13. The molecule has 0 unspecified atom stereocenters. The van der Waals surface area contributed by atoms with E-state index in [2.05, 4.69) is 0 Å². The molecule has 0 bridgehead atoms. The third kappa shape index (κ3) is 3.71. The van der Waals surface area contributed by atoms with E-state index < -0.39 is 0 Å². The van der Waals surface area contributed by atoms with E-state index in [0.717, 1.165) is 16.9 Å². The van der Waals surface area contributed by atoms with Crippen molar-refractivity contribution >= 4 is 5.91 Å². The van der Waals surface area contributed by atoms with E-state index >= 15 is 0 Å². The third-order valence-corrected chi connectivity index (χ3v) is 4.13. The smallest absolute Gasteiger partial charge is 0.229 e. The predicted molar refractivity (Wildman–Crippen MR) is 88.1 cm³/mol. The van der Waals surface area contributed by atoms with Crippen LogP contribution in [0, 0.1) is 5.92 Å². The van der Waals surface area contributed by atoms with Gasteiger partial charge in [-0.05, 0) is 23.6 Å². The number of para-hydroxylation sites is 1. The molecule has 23 heavy (non-hydrogen) atoms. The molecule has 0 fully saturated rings. The molecule has 0 spiro atoms. The zero-order valence-corrected chi connectivity index (χ0v) is 13.0. The minimum absolute atomic E-state index is 0.0390. The maximum absolute atomic E-state index is 12.8. The van der Waals surface area contributed by atoms with Crippen LogP contribution in [-0.2, 0) is 17.8 Å². The molecule has 1 aliphatic heterocycles. The van der Waals surface area contributed by atoms with Crippen molar-refractivity contribution in [2.75, 3.05) is 19.8 Å². The standard InChI is InChI=1S/C19H21NO3/c21-11-10-20(13-15-6-2-1-3-7-15)19(22)17-12-16-8-4-5-9-18(16)23-14-17/h1-9,17,21H,10-14H2/t17-/m1/s1. The SMILES string of the molecule is O=C([C@H]1COc2ccccc2C1)N(CCO)Cc1ccccc1. The van der Waals surface area contributed by atoms with Crippen LogP contribution >= 0.6 is 0 Å². The Balaban J connectivity index is 1.71. The normalized spacial score (nSPS) is 16.3. The summed E-state index contributed by atoms with van der Waals surface area (Å²) in [7, 11) is 0. The van der Waals surface area contributed by atoms with Gasteiger partial charge in [0.1, 0.15) is 12.4 Å². The Morgan fingerprint density at radius 3 is 2.65 bits per heavy atom. The number of ether oxygens (including phenoxy) is 1. The molecule has 1 amide bonds. The molecule has 4 heteroatoms. The van der Waals surface area contributed by atoms with Crippen LogP contribution in [-0.4, -0.2) is 35.7 Å². The summed E-state index contributed by atoms with van der Waals surface area (Å²) < 4.78 is 5.73. The van der Waals surface area contributed by atoms with Crippen LogP contribution in [0.25, 0.3) is 0 Å². The molecule has 0 aliphatic carbocycles. The van der Waals surface area contributed by atoms with E-state index in [4.69, 9.17) is 4.74 Å². The molecule has 1 heterocycles. The van der Waals surface area contributed by atoms with Gasteiger partial charge < -0.3 is 14.7 Å². The lowest BCUT2D eigenvalue weighted by molar-refractivity contribution is -0.138. The molecule has 2 aromatic carbocycles. The van der Waals surface area contributed by atoms with Gasteiger partial charge in [0.05, 0.1) is 12.5 Å². The van der Waals surface area contributed by atoms with Gasteiger partial charge >= 0.3 is 0 Å². The molecule has 1 atom stereocenters. The zero-order chi connectivity index (χ0) is 16.1. The fourth-order valence-electron chi connectivity index (χ4n) is 2.94. The number of aliphatic hydroxyl groups is 1. The minimum atomic E-state index is -0.194. The lowest BCUT2D eigenvalue weighted by atomic mass is 9.95. The molecule has 1 N–H and O–H groups in total. The maximum Gasteiger partial charge on any atom is 0.229 e. The average molecular weight is 311 g/mol. The van der Waals surface area contributed by atoms with Crippen LogP contribution in [0.5, 0.6) is 5.75 Å². The highest BCUT2D eigenvalue weighted by atomic mass is 16.5. The van der Waals surface area contributed by atoms with Crippen molar-refractivity contribution in [3.8, 4) is 5.75 Å². The van der Waals surface area contributed by atoms with Crippen LogP contribution in [0.15, 0.2) is 54.6 Å². The van der Waals surface area contributed by atoms with E-state index in [-0.39, 0.29) is 18.4 Å². The highest BCUT2D eigenvalue weighted by Gasteiger charge is 2.29. The summed E-state index contributed by atoms with van der Waals surface area (Å²) in [5, 5.41) is 9.29. The fraction of sp³-hybridized carbons (Fsp3) is 0.316. The van der Waals surface area contributed by atoms with E-state index in [1.54, 1.807) is 4.90 Å². The molecule has 0 aromatic heterocycles. The van der Waals surface area contributed by atoms with Gasteiger partial charge in [0.15, 0.2) is 0 Å². The van der Waals surface area contributed by atoms with Crippen LogP contribution in [0.3, 0.4) is 0 Å². The average Bonchev–Trinajstić information content (AvgIpc) is 2.61. The number of carbonyl (C=O) groups is 1. The molecule has 2 aromatic rings. The van der Waals surface area contributed by atoms with Crippen molar-refractivity contribution < 1.29 is 14.6 Å². The summed E-state index contributed by atoms with van der Waals surface area (Å²) in [5.41, 5.74) is 2.13. The Kier molecular flexibility index (Phi) is 4.93. The van der Waals surface area contributed by atoms with Crippen LogP contribution in [0.4, 0.5) is 0 Å². The Hall–Kier alpha value is -2.33. The highest BCUT2D eigenvalue weighted by molar-refractivity contribution is 5.79. The lowest BCUT2D eigenvalue weighted by Gasteiger charge is -2.30. The molecule has 120 valence electrons. The monoisotopic (exact) mass is 311 g/mol. The maximum atomic E-state index is 12.8. The number of carbonyl (C=O) groups excluding carboxylic acids is 1. The first-order chi connectivity index (χ1) is 11.3. The molecule has 1 aliphatic rings. The van der Waals surface area contributed by atoms with E-state index in [1.165, 1.54) is 0 Å². The minimum Gasteiger partial charge on any atom is -0.492 e. The molecular weight excluding hydrogens is 290 g/mol. The zero-order valence-electron chi connectivity index (χ0n) is 13.0. The Morgan fingerprint density at radius 2 is 1.87 bits per heavy atom. The molecular formula is C19H21NO3. The van der Waals surface area contributed by atoms with Gasteiger partial charge in [0.25, 0.3) is 0 Å². The second kappa shape index (κ2) is 7.29. The molecule has 0 saturated heterocycles. The second-order valence-corrected chi connectivity index (χ2v) is 5.79. The number of amides is 1. The van der Waals surface area contributed by atoms with Crippen molar-refractivity contribution in [3.05, 3.63) is 65.7 Å². The summed E-state index contributed by atoms with van der Waals surface area (Å²) in [6.45, 7) is 1.21. The summed E-state index contributed by atoms with van der Waals surface area (Å²) in [6.07, 6.45) is 0.686. The molecule has 0 radical (unpaired) electrons. The number of aliphatic hydroxyl groups excluding tert-OH is 1. The lowest BCUT2D eigenvalue weighted by Crippen LogP contribution is -2.41. The number of fused-ring (bicyclic) bond motifs is 1. The Morgan fingerprint density at radius 1 is 1.13 bits per heavy atom. The first kappa shape index (κ1) is 15.6. The van der Waals surface area contributed by atoms with Crippen LogP contribution in [0.2, 0.25) is 0 Å². The van der Waals surface area contributed by atoms with Crippen molar-refractivity contribution in [3.63, 3.8) is 0 Å². The number of rotatable bonds is 5. The van der Waals surface area contributed by atoms with E-state index in [9.17, 15) is 9.90 Å². The van der Waals surface area contributed by atoms with Crippen molar-refractivity contribution in [2.45, 2.75) is 13.0 Å². The van der Waals surface area contributed by atoms with Crippen LogP contribution in [0.1, 0.15) is 11.1 Å². The summed E-state index contributed by atoms with van der Waals surface area (Å²) >= 11 is 0. The first-order valence-electron chi connectivity index (χ1n) is 7.92. The molecule has 3 rings (SSSR count). The van der Waals surface area contributed by atoms with Crippen LogP contribution < -0.4 is 4.74 Å². The number of hydrogen-bond donors (Lipinski definition) is 1. The van der Waals surface area contributed by atoms with Gasteiger partial charge in [-0.2, -0.15) is 0 Å². The summed E-state index contributed by atoms with van der Waals surface area (Å²) in [5.74, 6) is 0.714. The largest absolute Gasteiger partial charge is 0.492 e. The predicted octanol–water partition coefficient (Wildman–Crippen LogP) is 2.26. The number of nitrogens with zero attached hydrogens (tertiary/aromatic N) is 1. The van der Waals surface area contributed by atoms with E-state index in [1.807, 2.05) is 54.6 Å². The van der Waals surface area contributed by atoms with E-state index in [0.29, 0.717) is 26.1 Å². The van der Waals surface area contributed by atoms with Crippen molar-refractivity contribution in [2.24, 2.45) is 5.92 Å². The van der Waals surface area contributed by atoms with Gasteiger partial charge in [0, 0.05) is 13.1 Å². The summed E-state index contributed by atoms with van der Waals surface area (Å²) in [4.78, 5) is 14.6. The van der Waals surface area contributed by atoms with Crippen molar-refractivity contribution in [1.82, 2.24) is 4.90 Å². The molecule has 0 saturated carbocycles. The second-order valence-electron chi connectivity index (χ2n) is 5.79. The summed E-state index contributed by atoms with van der Waals surface area (Å²) in [6, 6.07) is 17.7. The fourth-order valence-corrected chi connectivity index (χ4v) is 2.94. The van der Waals surface area contributed by atoms with Gasteiger partial charge in [-0.25, -0.2) is 0 Å². The topological polar surface area (TPSA) is 49.8 Å². The van der Waals surface area contributed by atoms with Gasteiger partial charge in [0.2, 0.25) is 5.91 Å². The van der Waals surface area contributed by atoms with Gasteiger partial charge in [-0.15, -0.1) is 0 Å². The highest BCUT2D eigenvalue weighted by Crippen LogP contribution is 2.28. The number of benzene rings is 2. The number of hydrogen-bond acceptors (Lipinski definition) is 3. The first-order valence-corrected chi connectivity index (χ1v) is 7.92. The van der Waals surface area contributed by atoms with Crippen molar-refractivity contribution in [1.29, 1.82) is 0 Å². The van der Waals surface area contributed by atoms with Gasteiger partial charge in [-0.3, -0.25) is 4.79 Å². The van der Waals surface area contributed by atoms with Gasteiger partial charge in [-0.1, -0.05) is 48.5 Å².